The maximum absolute atomic E-state index is 9.17. The lowest BCUT2D eigenvalue weighted by Crippen LogP contribution is -1.89. The third-order valence-electron chi connectivity index (χ3n) is 2.25. The summed E-state index contributed by atoms with van der Waals surface area (Å²) in [5.74, 6) is 0. The zero-order valence-corrected chi connectivity index (χ0v) is 8.98. The highest BCUT2D eigenvalue weighted by molar-refractivity contribution is 8.23. The first-order chi connectivity index (χ1) is 7.35. The van der Waals surface area contributed by atoms with Crippen LogP contribution in [0.4, 0.5) is 0 Å². The average molecular weight is 217 g/mol. The Bertz CT molecular complexity index is 471. The zero-order chi connectivity index (χ0) is 10.7. The number of aliphatic hydroxyl groups is 1. The molecule has 0 saturated carbocycles. The van der Waals surface area contributed by atoms with E-state index < -0.39 is 10.9 Å². The van der Waals surface area contributed by atoms with Crippen LogP contribution >= 0.6 is 10.9 Å². The van der Waals surface area contributed by atoms with Crippen molar-refractivity contribution in [1.29, 1.82) is 5.26 Å². The first-order valence-electron chi connectivity index (χ1n) is 4.63. The van der Waals surface area contributed by atoms with Crippen molar-refractivity contribution in [1.82, 2.24) is 0 Å². The summed E-state index contributed by atoms with van der Waals surface area (Å²) < 4.78 is 0. The Labute approximate surface area is 91.5 Å². The molecule has 0 bridgehead atoms. The SMILES string of the molecule is N#Cc1cccc([SH]2C=CC=C2CO)c1. The third-order valence-corrected chi connectivity index (χ3v) is 4.46. The maximum atomic E-state index is 9.17. The van der Waals surface area contributed by atoms with Crippen LogP contribution in [0.5, 0.6) is 0 Å². The number of thiol groups is 1. The third kappa shape index (κ3) is 1.96. The van der Waals surface area contributed by atoms with Crippen LogP contribution < -0.4 is 0 Å². The minimum Gasteiger partial charge on any atom is -0.391 e. The smallest absolute Gasteiger partial charge is 0.0991 e. The molecular weight excluding hydrogens is 206 g/mol. The molecule has 1 N–H and O–H groups in total. The van der Waals surface area contributed by atoms with Crippen molar-refractivity contribution in [3.05, 3.63) is 52.3 Å². The van der Waals surface area contributed by atoms with Gasteiger partial charge < -0.3 is 5.11 Å². The predicted molar refractivity (Wildman–Crippen MR) is 62.7 cm³/mol. The highest BCUT2D eigenvalue weighted by atomic mass is 32.2. The molecule has 0 amide bonds. The highest BCUT2D eigenvalue weighted by Crippen LogP contribution is 2.47. The van der Waals surface area contributed by atoms with Gasteiger partial charge in [0, 0.05) is 0 Å². The molecule has 1 aromatic rings. The minimum atomic E-state index is -0.546. The van der Waals surface area contributed by atoms with Crippen LogP contribution in [-0.4, -0.2) is 11.7 Å². The van der Waals surface area contributed by atoms with Gasteiger partial charge in [-0.2, -0.15) is 16.2 Å². The molecule has 0 spiro atoms. The molecule has 15 heavy (non-hydrogen) atoms. The second kappa shape index (κ2) is 4.35. The van der Waals surface area contributed by atoms with Crippen LogP contribution in [0.25, 0.3) is 0 Å². The fraction of sp³-hybridized carbons (Fsp3) is 0.0833. The topological polar surface area (TPSA) is 44.0 Å². The summed E-state index contributed by atoms with van der Waals surface area (Å²) in [6.45, 7) is 0.0927. The van der Waals surface area contributed by atoms with E-state index in [1.165, 1.54) is 0 Å². The maximum Gasteiger partial charge on any atom is 0.0991 e. The van der Waals surface area contributed by atoms with Gasteiger partial charge in [-0.05, 0) is 33.4 Å². The van der Waals surface area contributed by atoms with E-state index in [9.17, 15) is 0 Å². The molecule has 3 heteroatoms. The summed E-state index contributed by atoms with van der Waals surface area (Å²) in [6, 6.07) is 9.71. The standard InChI is InChI=1S/C12H11NOS/c13-8-10-3-1-4-11(7-10)15-6-2-5-12(15)9-14/h1-7,14-15H,9H2. The number of nitriles is 1. The summed E-state index contributed by atoms with van der Waals surface area (Å²) in [5.41, 5.74) is 0.674. The lowest BCUT2D eigenvalue weighted by atomic mass is 10.2. The molecule has 0 fully saturated rings. The number of hydrogen-bond donors (Lipinski definition) is 2. The van der Waals surface area contributed by atoms with Gasteiger partial charge in [0.2, 0.25) is 0 Å². The molecule has 0 saturated heterocycles. The minimum absolute atomic E-state index is 0.0927. The molecule has 76 valence electrons. The summed E-state index contributed by atoms with van der Waals surface area (Å²) in [7, 11) is -0.546. The summed E-state index contributed by atoms with van der Waals surface area (Å²) >= 11 is 0. The van der Waals surface area contributed by atoms with E-state index in [0.717, 1.165) is 9.80 Å². The number of aliphatic hydroxyl groups excluding tert-OH is 1. The Kier molecular flexibility index (Phi) is 2.91. The quantitative estimate of drug-likeness (QED) is 0.747. The molecule has 1 aliphatic heterocycles. The van der Waals surface area contributed by atoms with Gasteiger partial charge in [0.15, 0.2) is 0 Å². The van der Waals surface area contributed by atoms with Gasteiger partial charge in [-0.3, -0.25) is 0 Å². The number of hydrogen-bond acceptors (Lipinski definition) is 2. The Morgan fingerprint density at radius 3 is 3.00 bits per heavy atom. The summed E-state index contributed by atoms with van der Waals surface area (Å²) in [5, 5.41) is 20.1. The van der Waals surface area contributed by atoms with Crippen LogP contribution in [0.2, 0.25) is 0 Å². The Morgan fingerprint density at radius 1 is 1.40 bits per heavy atom. The van der Waals surface area contributed by atoms with Gasteiger partial charge in [-0.15, -0.1) is 0 Å². The first-order valence-corrected chi connectivity index (χ1v) is 6.04. The summed E-state index contributed by atoms with van der Waals surface area (Å²) in [4.78, 5) is 2.16. The van der Waals surface area contributed by atoms with Crippen molar-refractivity contribution >= 4 is 10.9 Å². The number of rotatable bonds is 2. The molecular formula is C12H11NOS. The molecule has 1 atom stereocenters. The Balaban J connectivity index is 2.35. The second-order valence-electron chi connectivity index (χ2n) is 3.19. The van der Waals surface area contributed by atoms with Crippen LogP contribution in [-0.2, 0) is 0 Å². The van der Waals surface area contributed by atoms with E-state index in [1.807, 2.05) is 30.4 Å². The van der Waals surface area contributed by atoms with E-state index in [2.05, 4.69) is 11.5 Å². The van der Waals surface area contributed by atoms with Crippen molar-refractivity contribution in [2.45, 2.75) is 4.90 Å². The van der Waals surface area contributed by atoms with Gasteiger partial charge in [0.25, 0.3) is 0 Å². The largest absolute Gasteiger partial charge is 0.391 e. The molecule has 2 rings (SSSR count). The normalized spacial score (nSPS) is 21.1. The van der Waals surface area contributed by atoms with Gasteiger partial charge in [-0.1, -0.05) is 18.2 Å². The molecule has 1 aliphatic rings. The van der Waals surface area contributed by atoms with Gasteiger partial charge in [0.05, 0.1) is 18.2 Å². The van der Waals surface area contributed by atoms with E-state index in [1.54, 1.807) is 6.07 Å². The van der Waals surface area contributed by atoms with Crippen molar-refractivity contribution in [2.24, 2.45) is 0 Å². The van der Waals surface area contributed by atoms with E-state index in [4.69, 9.17) is 10.4 Å². The lowest BCUT2D eigenvalue weighted by Gasteiger charge is -2.16. The average Bonchev–Trinajstić information content (AvgIpc) is 2.77. The van der Waals surface area contributed by atoms with Crippen molar-refractivity contribution in [3.8, 4) is 6.07 Å². The predicted octanol–water partition coefficient (Wildman–Crippen LogP) is 2.32. The van der Waals surface area contributed by atoms with E-state index in [-0.39, 0.29) is 6.61 Å². The van der Waals surface area contributed by atoms with Crippen molar-refractivity contribution < 1.29 is 5.11 Å². The first kappa shape index (κ1) is 10.0. The number of allylic oxidation sites excluding steroid dienone is 2. The fourth-order valence-corrected chi connectivity index (χ4v) is 3.40. The molecule has 0 aromatic heterocycles. The summed E-state index contributed by atoms with van der Waals surface area (Å²) in [6.07, 6.45) is 3.92. The van der Waals surface area contributed by atoms with Crippen molar-refractivity contribution in [2.75, 3.05) is 6.61 Å². The second-order valence-corrected chi connectivity index (χ2v) is 5.32. The van der Waals surface area contributed by atoms with E-state index >= 15 is 0 Å². The molecule has 0 aliphatic carbocycles. The monoisotopic (exact) mass is 217 g/mol. The number of nitrogens with zero attached hydrogens (tertiary/aromatic N) is 1. The number of benzene rings is 1. The lowest BCUT2D eigenvalue weighted by molar-refractivity contribution is 0.339. The van der Waals surface area contributed by atoms with Gasteiger partial charge in [0.1, 0.15) is 0 Å². The highest BCUT2D eigenvalue weighted by Gasteiger charge is 2.12. The zero-order valence-electron chi connectivity index (χ0n) is 8.09. The van der Waals surface area contributed by atoms with E-state index in [0.29, 0.717) is 5.56 Å². The van der Waals surface area contributed by atoms with Gasteiger partial charge in [-0.25, -0.2) is 0 Å². The molecule has 2 nitrogen and oxygen atoms in total. The fourth-order valence-electron chi connectivity index (χ4n) is 1.52. The van der Waals surface area contributed by atoms with Crippen LogP contribution in [0.3, 0.4) is 0 Å². The van der Waals surface area contributed by atoms with Gasteiger partial charge >= 0.3 is 0 Å². The van der Waals surface area contributed by atoms with Crippen LogP contribution in [0, 0.1) is 11.3 Å². The molecule has 0 radical (unpaired) electrons. The molecule has 1 heterocycles. The molecule has 1 unspecified atom stereocenters. The molecule has 1 aromatic carbocycles. The Hall–Kier alpha value is -1.50. The van der Waals surface area contributed by atoms with Crippen LogP contribution in [0.15, 0.2) is 51.6 Å². The van der Waals surface area contributed by atoms with Crippen LogP contribution in [0.1, 0.15) is 5.56 Å². The Morgan fingerprint density at radius 2 is 2.27 bits per heavy atom. The van der Waals surface area contributed by atoms with Crippen molar-refractivity contribution in [3.63, 3.8) is 0 Å².